The first-order valence-electron chi connectivity index (χ1n) is 14.9. The highest BCUT2D eigenvalue weighted by Crippen LogP contribution is 2.53. The molecule has 5 aliphatic heterocycles. The summed E-state index contributed by atoms with van der Waals surface area (Å²) in [6.45, 7) is 1.94. The lowest BCUT2D eigenvalue weighted by molar-refractivity contribution is 0.171. The summed E-state index contributed by atoms with van der Waals surface area (Å²) in [5, 5.41) is 14.3. The fourth-order valence-electron chi connectivity index (χ4n) is 6.91. The molecule has 0 spiro atoms. The minimum Gasteiger partial charge on any atom is -0.504 e. The molecule has 8 nitrogen and oxygen atoms in total. The van der Waals surface area contributed by atoms with E-state index in [4.69, 9.17) is 23.7 Å². The largest absolute Gasteiger partial charge is 0.504 e. The van der Waals surface area contributed by atoms with Crippen molar-refractivity contribution in [3.63, 3.8) is 0 Å². The summed E-state index contributed by atoms with van der Waals surface area (Å²) in [6, 6.07) is 20.2. The zero-order valence-electron chi connectivity index (χ0n) is 24.3. The highest BCUT2D eigenvalue weighted by molar-refractivity contribution is 5.64. The van der Waals surface area contributed by atoms with Gasteiger partial charge in [0.25, 0.3) is 0 Å². The Morgan fingerprint density at radius 1 is 0.837 bits per heavy atom. The number of ether oxygens (including phenoxy) is 5. The highest BCUT2D eigenvalue weighted by Gasteiger charge is 2.35. The lowest BCUT2D eigenvalue weighted by Crippen LogP contribution is -2.34. The Morgan fingerprint density at radius 2 is 1.70 bits per heavy atom. The van der Waals surface area contributed by atoms with Crippen LogP contribution in [0.2, 0.25) is 0 Å². The minimum absolute atomic E-state index is 0.0430. The minimum atomic E-state index is 0.0430. The number of phenolic OH excluding ortho intramolecular Hbond substituents is 1. The van der Waals surface area contributed by atoms with Crippen molar-refractivity contribution in [2.75, 3.05) is 34.0 Å². The van der Waals surface area contributed by atoms with Gasteiger partial charge in [0, 0.05) is 24.2 Å². The molecular weight excluding hydrogens is 544 g/mol. The first-order valence-corrected chi connectivity index (χ1v) is 14.9. The predicted octanol–water partition coefficient (Wildman–Crippen LogP) is 6.23. The molecule has 0 amide bonds. The van der Waals surface area contributed by atoms with Crippen LogP contribution in [0.1, 0.15) is 45.5 Å². The number of methoxy groups -OCH3 is 1. The Balaban J connectivity index is 1.33. The molecule has 0 saturated heterocycles. The van der Waals surface area contributed by atoms with E-state index in [2.05, 4.69) is 47.6 Å². The maximum Gasteiger partial charge on any atom is 0.231 e. The van der Waals surface area contributed by atoms with Crippen LogP contribution in [0.3, 0.4) is 0 Å². The highest BCUT2D eigenvalue weighted by atomic mass is 16.7. The average Bonchev–Trinajstić information content (AvgIpc) is 3.49. The molecule has 2 N–H and O–H groups in total. The summed E-state index contributed by atoms with van der Waals surface area (Å²) in [5.41, 5.74) is 6.95. The predicted molar refractivity (Wildman–Crippen MR) is 161 cm³/mol. The molecule has 5 aliphatic rings. The fraction of sp³-hybridized carbons (Fsp3) is 0.314. The Hall–Kier alpha value is -4.40. The van der Waals surface area contributed by atoms with E-state index >= 15 is 0 Å². The smallest absolute Gasteiger partial charge is 0.231 e. The van der Waals surface area contributed by atoms with Crippen molar-refractivity contribution >= 4 is 0 Å². The van der Waals surface area contributed by atoms with Gasteiger partial charge in [-0.2, -0.15) is 0 Å². The number of nitrogens with zero attached hydrogens (tertiary/aromatic N) is 1. The van der Waals surface area contributed by atoms with Crippen LogP contribution in [0.5, 0.6) is 46.0 Å². The number of phenols is 1. The average molecular weight is 579 g/mol. The molecule has 5 heterocycles. The zero-order chi connectivity index (χ0) is 29.1. The van der Waals surface area contributed by atoms with E-state index in [1.165, 1.54) is 22.3 Å². The van der Waals surface area contributed by atoms with Crippen LogP contribution in [0, 0.1) is 0 Å². The number of hydrogen-bond acceptors (Lipinski definition) is 8. The standard InChI is InChI=1S/C35H34N2O6/c1-37-12-10-23-17-32-34(41-19-40-32)35-33(23)27(37)14-20-3-6-24(7-4-20)42-29-15-21(5-8-28(29)38)13-26-25-18-31(43-35)30(39-2)16-22(25)9-11-36-26/h3-8,15-18,26-27,36,38H,9-14,19H2,1-2H3. The van der Waals surface area contributed by atoms with E-state index in [1.807, 2.05) is 24.3 Å². The first kappa shape index (κ1) is 26.2. The number of fused-ring (bicyclic) bond motifs is 3. The molecule has 0 aromatic heterocycles. The summed E-state index contributed by atoms with van der Waals surface area (Å²) in [5.74, 6) is 4.64. The van der Waals surface area contributed by atoms with Gasteiger partial charge in [-0.05, 0) is 110 Å². The molecule has 4 aromatic rings. The second-order valence-electron chi connectivity index (χ2n) is 11.8. The summed E-state index contributed by atoms with van der Waals surface area (Å²) in [4.78, 5) is 2.38. The van der Waals surface area contributed by atoms with E-state index in [0.717, 1.165) is 49.2 Å². The van der Waals surface area contributed by atoms with Gasteiger partial charge < -0.3 is 34.1 Å². The van der Waals surface area contributed by atoms with Crippen LogP contribution in [-0.4, -0.2) is 44.0 Å². The van der Waals surface area contributed by atoms with E-state index in [9.17, 15) is 5.11 Å². The van der Waals surface area contributed by atoms with Crippen LogP contribution in [0.15, 0.2) is 60.7 Å². The molecular formula is C35H34N2O6. The van der Waals surface area contributed by atoms with Gasteiger partial charge in [0.05, 0.1) is 7.11 Å². The second kappa shape index (κ2) is 10.4. The molecule has 2 atom stereocenters. The Bertz CT molecular complexity index is 1720. The maximum absolute atomic E-state index is 10.6. The third-order valence-corrected chi connectivity index (χ3v) is 9.18. The van der Waals surface area contributed by atoms with Gasteiger partial charge in [0.15, 0.2) is 34.5 Å². The van der Waals surface area contributed by atoms with Gasteiger partial charge >= 0.3 is 0 Å². The van der Waals surface area contributed by atoms with E-state index in [-0.39, 0.29) is 24.6 Å². The Morgan fingerprint density at radius 3 is 2.56 bits per heavy atom. The number of rotatable bonds is 1. The number of nitrogens with one attached hydrogen (secondary N) is 1. The van der Waals surface area contributed by atoms with Crippen molar-refractivity contribution in [3.05, 3.63) is 94.0 Å². The number of benzene rings is 4. The van der Waals surface area contributed by atoms with Crippen LogP contribution >= 0.6 is 0 Å². The van der Waals surface area contributed by atoms with Gasteiger partial charge in [0.2, 0.25) is 12.5 Å². The quantitative estimate of drug-likeness (QED) is 0.275. The zero-order valence-corrected chi connectivity index (χ0v) is 24.3. The third kappa shape index (κ3) is 4.62. The van der Waals surface area contributed by atoms with Crippen molar-refractivity contribution < 1.29 is 28.8 Å². The summed E-state index contributed by atoms with van der Waals surface area (Å²) < 4.78 is 31.0. The van der Waals surface area contributed by atoms with E-state index < -0.39 is 0 Å². The Labute approximate surface area is 250 Å². The fourth-order valence-corrected chi connectivity index (χ4v) is 6.91. The van der Waals surface area contributed by atoms with Gasteiger partial charge in [-0.3, -0.25) is 4.90 Å². The van der Waals surface area contributed by atoms with Crippen molar-refractivity contribution in [3.8, 4) is 46.0 Å². The maximum atomic E-state index is 10.6. The summed E-state index contributed by atoms with van der Waals surface area (Å²) >= 11 is 0. The lowest BCUT2D eigenvalue weighted by Gasteiger charge is -2.36. The molecule has 43 heavy (non-hydrogen) atoms. The molecule has 0 saturated carbocycles. The molecule has 9 rings (SSSR count). The topological polar surface area (TPSA) is 81.7 Å². The first-order chi connectivity index (χ1) is 21.0. The number of hydrogen-bond donors (Lipinski definition) is 2. The van der Waals surface area contributed by atoms with Crippen molar-refractivity contribution in [2.45, 2.75) is 37.8 Å². The van der Waals surface area contributed by atoms with Crippen molar-refractivity contribution in [1.29, 1.82) is 0 Å². The molecule has 6 bridgehead atoms. The van der Waals surface area contributed by atoms with Gasteiger partial charge in [-0.1, -0.05) is 18.2 Å². The summed E-state index contributed by atoms with van der Waals surface area (Å²) in [7, 11) is 3.85. The van der Waals surface area contributed by atoms with Crippen LogP contribution < -0.4 is 29.0 Å². The number of likely N-dealkylation sites (N-methyl/N-ethyl adjacent to an activating group) is 1. The molecule has 220 valence electrons. The lowest BCUT2D eigenvalue weighted by atomic mass is 9.87. The molecule has 0 aliphatic carbocycles. The van der Waals surface area contributed by atoms with Gasteiger partial charge in [0.1, 0.15) is 5.75 Å². The molecule has 2 unspecified atom stereocenters. The van der Waals surface area contributed by atoms with Gasteiger partial charge in [-0.25, -0.2) is 0 Å². The second-order valence-corrected chi connectivity index (χ2v) is 11.8. The van der Waals surface area contributed by atoms with Crippen LogP contribution in [0.4, 0.5) is 0 Å². The molecule has 0 radical (unpaired) electrons. The van der Waals surface area contributed by atoms with E-state index in [1.54, 1.807) is 13.2 Å². The molecule has 8 heteroatoms. The number of aromatic hydroxyl groups is 1. The third-order valence-electron chi connectivity index (χ3n) is 9.18. The SMILES string of the molecule is COc1cc2c3cc1Oc1c4c(cc5c1C(Cc1ccc(cc1)Oc1cc(ccc1O)CC3NCC2)N(C)CC5)OCO4. The monoisotopic (exact) mass is 578 g/mol. The van der Waals surface area contributed by atoms with Crippen LogP contribution in [0.25, 0.3) is 0 Å². The van der Waals surface area contributed by atoms with Gasteiger partial charge in [-0.15, -0.1) is 0 Å². The Kier molecular flexibility index (Phi) is 6.35. The summed E-state index contributed by atoms with van der Waals surface area (Å²) in [6.07, 6.45) is 3.26. The van der Waals surface area contributed by atoms with Crippen LogP contribution in [-0.2, 0) is 25.7 Å². The molecule has 0 fully saturated rings. The van der Waals surface area contributed by atoms with Crippen molar-refractivity contribution in [2.24, 2.45) is 0 Å². The van der Waals surface area contributed by atoms with Crippen molar-refractivity contribution in [1.82, 2.24) is 10.2 Å². The normalized spacial score (nSPS) is 20.3. The molecule has 4 aromatic carbocycles. The van der Waals surface area contributed by atoms with E-state index in [0.29, 0.717) is 40.9 Å².